The molecule has 0 aliphatic heterocycles. The first-order chi connectivity index (χ1) is 12.8. The van der Waals surface area contributed by atoms with Crippen molar-refractivity contribution in [1.82, 2.24) is 4.98 Å². The molecule has 0 aliphatic carbocycles. The van der Waals surface area contributed by atoms with E-state index in [9.17, 15) is 18.0 Å². The summed E-state index contributed by atoms with van der Waals surface area (Å²) in [6.45, 7) is 0. The highest BCUT2D eigenvalue weighted by Gasteiger charge is 2.30. The highest BCUT2D eigenvalue weighted by Crippen LogP contribution is 2.31. The van der Waals surface area contributed by atoms with E-state index < -0.39 is 11.7 Å². The van der Waals surface area contributed by atoms with Gasteiger partial charge < -0.3 is 5.32 Å². The minimum atomic E-state index is -4.38. The Kier molecular flexibility index (Phi) is 5.23. The number of hydrogen-bond acceptors (Lipinski definition) is 4. The zero-order valence-electron chi connectivity index (χ0n) is 13.7. The summed E-state index contributed by atoms with van der Waals surface area (Å²) in [5, 5.41) is 13.8. The predicted molar refractivity (Wildman–Crippen MR) is 96.0 cm³/mol. The van der Waals surface area contributed by atoms with Crippen LogP contribution in [-0.2, 0) is 17.4 Å². The molecule has 0 fully saturated rings. The van der Waals surface area contributed by atoms with Crippen molar-refractivity contribution in [2.24, 2.45) is 0 Å². The van der Waals surface area contributed by atoms with Crippen molar-refractivity contribution < 1.29 is 18.0 Å². The second kappa shape index (κ2) is 7.60. The summed E-state index contributed by atoms with van der Waals surface area (Å²) >= 11 is 1.25. The zero-order chi connectivity index (χ0) is 19.4. The molecule has 27 heavy (non-hydrogen) atoms. The second-order valence-electron chi connectivity index (χ2n) is 5.64. The first-order valence-electron chi connectivity index (χ1n) is 7.77. The third kappa shape index (κ3) is 4.71. The predicted octanol–water partition coefficient (Wildman–Crippen LogP) is 4.88. The Labute approximate surface area is 156 Å². The molecule has 136 valence electrons. The third-order valence-electron chi connectivity index (χ3n) is 3.63. The number of nitriles is 1. The van der Waals surface area contributed by atoms with Crippen molar-refractivity contribution in [1.29, 1.82) is 5.26 Å². The summed E-state index contributed by atoms with van der Waals surface area (Å²) in [7, 11) is 0. The maximum Gasteiger partial charge on any atom is 0.416 e. The van der Waals surface area contributed by atoms with Crippen LogP contribution in [0.15, 0.2) is 53.9 Å². The lowest BCUT2D eigenvalue weighted by Gasteiger charge is -2.06. The number of alkyl halides is 3. The Morgan fingerprint density at radius 1 is 1.19 bits per heavy atom. The number of nitrogens with one attached hydrogen (secondary N) is 1. The molecule has 3 rings (SSSR count). The Morgan fingerprint density at radius 2 is 1.93 bits per heavy atom. The van der Waals surface area contributed by atoms with E-state index in [2.05, 4.69) is 10.3 Å². The van der Waals surface area contributed by atoms with E-state index in [0.717, 1.165) is 12.1 Å². The number of rotatable bonds is 4. The first kappa shape index (κ1) is 18.6. The Hall–Kier alpha value is -3.18. The lowest BCUT2D eigenvalue weighted by atomic mass is 10.1. The molecule has 4 nitrogen and oxygen atoms in total. The van der Waals surface area contributed by atoms with E-state index in [-0.39, 0.29) is 12.3 Å². The first-order valence-corrected chi connectivity index (χ1v) is 8.65. The number of carbonyl (C=O) groups excluding carboxylic acids is 1. The van der Waals surface area contributed by atoms with Gasteiger partial charge in [0.1, 0.15) is 5.01 Å². The van der Waals surface area contributed by atoms with Crippen LogP contribution in [0, 0.1) is 11.3 Å². The number of hydrogen-bond donors (Lipinski definition) is 1. The molecular formula is C19H12F3N3OS. The van der Waals surface area contributed by atoms with Gasteiger partial charge in [-0.05, 0) is 30.3 Å². The largest absolute Gasteiger partial charge is 0.416 e. The van der Waals surface area contributed by atoms with Gasteiger partial charge in [0.25, 0.3) is 0 Å². The summed E-state index contributed by atoms with van der Waals surface area (Å²) < 4.78 is 37.9. The molecule has 1 N–H and O–H groups in total. The average molecular weight is 387 g/mol. The summed E-state index contributed by atoms with van der Waals surface area (Å²) in [6.07, 6.45) is -4.36. The van der Waals surface area contributed by atoms with Crippen LogP contribution in [0.25, 0.3) is 10.6 Å². The highest BCUT2D eigenvalue weighted by molar-refractivity contribution is 7.13. The van der Waals surface area contributed by atoms with Gasteiger partial charge in [0, 0.05) is 16.6 Å². The van der Waals surface area contributed by atoms with Crippen molar-refractivity contribution in [3.63, 3.8) is 0 Å². The van der Waals surface area contributed by atoms with Gasteiger partial charge in [-0.3, -0.25) is 4.79 Å². The molecule has 0 aliphatic rings. The summed E-state index contributed by atoms with van der Waals surface area (Å²) in [5.41, 5.74) is 1.30. The minimum absolute atomic E-state index is 0.0217. The van der Waals surface area contributed by atoms with Gasteiger partial charge in [-0.2, -0.15) is 18.4 Å². The molecule has 0 unspecified atom stereocenters. The molecular weight excluding hydrogens is 375 g/mol. The van der Waals surface area contributed by atoms with Gasteiger partial charge in [0.05, 0.1) is 29.3 Å². The van der Waals surface area contributed by atoms with E-state index in [1.165, 1.54) is 23.5 Å². The number of nitrogens with zero attached hydrogens (tertiary/aromatic N) is 2. The van der Waals surface area contributed by atoms with Crippen LogP contribution in [0.4, 0.5) is 18.9 Å². The summed E-state index contributed by atoms with van der Waals surface area (Å²) in [6, 6.07) is 13.3. The van der Waals surface area contributed by atoms with Crippen LogP contribution in [-0.4, -0.2) is 10.9 Å². The number of amides is 1. The van der Waals surface area contributed by atoms with Gasteiger partial charge in [-0.15, -0.1) is 11.3 Å². The van der Waals surface area contributed by atoms with Gasteiger partial charge >= 0.3 is 6.18 Å². The van der Waals surface area contributed by atoms with E-state index in [1.54, 1.807) is 29.6 Å². The monoisotopic (exact) mass is 387 g/mol. The fraction of sp³-hybridized carbons (Fsp3) is 0.105. The SMILES string of the molecule is N#Cc1cccc(NC(=O)Cc2csc(-c3ccc(C(F)(F)F)cc3)n2)c1. The third-order valence-corrected chi connectivity index (χ3v) is 4.57. The molecule has 1 amide bonds. The van der Waals surface area contributed by atoms with E-state index in [1.807, 2.05) is 6.07 Å². The lowest BCUT2D eigenvalue weighted by Crippen LogP contribution is -2.14. The molecule has 0 saturated carbocycles. The smallest absolute Gasteiger partial charge is 0.326 e. The molecule has 3 aromatic rings. The molecule has 0 bridgehead atoms. The maximum absolute atomic E-state index is 12.6. The van der Waals surface area contributed by atoms with Crippen molar-refractivity contribution in [3.8, 4) is 16.6 Å². The number of halogens is 3. The molecule has 8 heteroatoms. The Balaban J connectivity index is 1.67. The van der Waals surface area contributed by atoms with Crippen LogP contribution in [0.2, 0.25) is 0 Å². The van der Waals surface area contributed by atoms with Crippen molar-refractivity contribution in [3.05, 3.63) is 70.7 Å². The van der Waals surface area contributed by atoms with Crippen LogP contribution in [0.1, 0.15) is 16.8 Å². The quantitative estimate of drug-likeness (QED) is 0.694. The van der Waals surface area contributed by atoms with E-state index in [0.29, 0.717) is 27.5 Å². The van der Waals surface area contributed by atoms with Crippen molar-refractivity contribution in [2.75, 3.05) is 5.32 Å². The Morgan fingerprint density at radius 3 is 2.59 bits per heavy atom. The van der Waals surface area contributed by atoms with E-state index in [4.69, 9.17) is 5.26 Å². The average Bonchev–Trinajstić information content (AvgIpc) is 3.09. The van der Waals surface area contributed by atoms with Gasteiger partial charge in [0.15, 0.2) is 0 Å². The molecule has 0 atom stereocenters. The summed E-state index contributed by atoms with van der Waals surface area (Å²) in [4.78, 5) is 16.4. The fourth-order valence-corrected chi connectivity index (χ4v) is 3.18. The summed E-state index contributed by atoms with van der Waals surface area (Å²) in [5.74, 6) is -0.297. The minimum Gasteiger partial charge on any atom is -0.326 e. The molecule has 0 spiro atoms. The molecule has 0 radical (unpaired) electrons. The number of thiazole rings is 1. The number of aromatic nitrogens is 1. The van der Waals surface area contributed by atoms with E-state index >= 15 is 0 Å². The van der Waals surface area contributed by atoms with Gasteiger partial charge in [0.2, 0.25) is 5.91 Å². The van der Waals surface area contributed by atoms with Crippen molar-refractivity contribution >= 4 is 22.9 Å². The van der Waals surface area contributed by atoms with Crippen molar-refractivity contribution in [2.45, 2.75) is 12.6 Å². The van der Waals surface area contributed by atoms with Crippen LogP contribution < -0.4 is 5.32 Å². The topological polar surface area (TPSA) is 65.8 Å². The number of anilines is 1. The Bertz CT molecular complexity index is 1000. The number of carbonyl (C=O) groups is 1. The van der Waals surface area contributed by atoms with Gasteiger partial charge in [-0.25, -0.2) is 4.98 Å². The molecule has 2 aromatic carbocycles. The van der Waals surface area contributed by atoms with Gasteiger partial charge in [-0.1, -0.05) is 18.2 Å². The van der Waals surface area contributed by atoms with Crippen LogP contribution in [0.3, 0.4) is 0 Å². The maximum atomic E-state index is 12.6. The number of benzene rings is 2. The molecule has 0 saturated heterocycles. The normalized spacial score (nSPS) is 11.0. The van der Waals surface area contributed by atoms with Crippen LogP contribution >= 0.6 is 11.3 Å². The van der Waals surface area contributed by atoms with Crippen LogP contribution in [0.5, 0.6) is 0 Å². The standard InChI is InChI=1S/C19H12F3N3OS/c20-19(21,22)14-6-4-13(5-7-14)18-25-16(11-27-18)9-17(26)24-15-3-1-2-12(8-15)10-23/h1-8,11H,9H2,(H,24,26). The zero-order valence-corrected chi connectivity index (χ0v) is 14.6. The molecule has 1 aromatic heterocycles. The molecule has 1 heterocycles. The highest BCUT2D eigenvalue weighted by atomic mass is 32.1. The second-order valence-corrected chi connectivity index (χ2v) is 6.49. The fourth-order valence-electron chi connectivity index (χ4n) is 2.36. The lowest BCUT2D eigenvalue weighted by molar-refractivity contribution is -0.137.